The molecule has 184 valence electrons. The molecule has 1 aliphatic heterocycles. The van der Waals surface area contributed by atoms with Gasteiger partial charge in [-0.1, -0.05) is 18.2 Å². The Labute approximate surface area is 194 Å². The summed E-state index contributed by atoms with van der Waals surface area (Å²) in [6, 6.07) is 3.69. The highest BCUT2D eigenvalue weighted by Crippen LogP contribution is 2.20. The van der Waals surface area contributed by atoms with Gasteiger partial charge in [0.1, 0.15) is 24.0 Å². The summed E-state index contributed by atoms with van der Waals surface area (Å²) in [6.07, 6.45) is 1.79. The normalized spacial score (nSPS) is 17.1. The van der Waals surface area contributed by atoms with Gasteiger partial charge in [0.05, 0.1) is 13.7 Å². The largest absolute Gasteiger partial charge is 0.492 e. The minimum atomic E-state index is -1.79. The van der Waals surface area contributed by atoms with E-state index in [9.17, 15) is 19.6 Å². The second-order valence-corrected chi connectivity index (χ2v) is 8.65. The van der Waals surface area contributed by atoms with Crippen LogP contribution in [0.5, 0.6) is 5.75 Å². The summed E-state index contributed by atoms with van der Waals surface area (Å²) in [4.78, 5) is 24.5. The molecule has 1 amide bonds. The van der Waals surface area contributed by atoms with Gasteiger partial charge in [0.15, 0.2) is 6.29 Å². The van der Waals surface area contributed by atoms with E-state index in [0.717, 1.165) is 19.3 Å². The lowest BCUT2D eigenvalue weighted by molar-refractivity contribution is -0.165. The fourth-order valence-corrected chi connectivity index (χ4v) is 3.32. The molecule has 2 rings (SSSR count). The highest BCUT2D eigenvalue weighted by Gasteiger charge is 2.28. The smallest absolute Gasteiger partial charge is 0.491 e. The third kappa shape index (κ3) is 9.20. The van der Waals surface area contributed by atoms with Crippen LogP contribution in [0.15, 0.2) is 18.2 Å². The molecule has 1 saturated heterocycles. The first kappa shape index (κ1) is 26.9. The summed E-state index contributed by atoms with van der Waals surface area (Å²) < 4.78 is 27.1. The number of esters is 1. The maximum Gasteiger partial charge on any atom is 0.492 e. The van der Waals surface area contributed by atoms with Gasteiger partial charge in [-0.15, -0.1) is 0 Å². The highest BCUT2D eigenvalue weighted by molar-refractivity contribution is 6.59. The average molecular weight is 467 g/mol. The molecule has 0 aliphatic carbocycles. The van der Waals surface area contributed by atoms with Gasteiger partial charge >= 0.3 is 19.2 Å². The van der Waals surface area contributed by atoms with Crippen molar-refractivity contribution < 1.29 is 43.3 Å². The van der Waals surface area contributed by atoms with Gasteiger partial charge in [-0.3, -0.25) is 0 Å². The highest BCUT2D eigenvalue weighted by atomic mass is 16.7. The van der Waals surface area contributed by atoms with Crippen molar-refractivity contribution in [3.05, 3.63) is 23.8 Å². The molecule has 0 aromatic heterocycles. The van der Waals surface area contributed by atoms with E-state index in [1.165, 1.54) is 13.2 Å². The van der Waals surface area contributed by atoms with Gasteiger partial charge in [0, 0.05) is 18.5 Å². The van der Waals surface area contributed by atoms with Gasteiger partial charge in [0.2, 0.25) is 0 Å². The van der Waals surface area contributed by atoms with E-state index in [1.807, 2.05) is 0 Å². The number of para-hydroxylation sites is 1. The third-order valence-electron chi connectivity index (χ3n) is 4.78. The Morgan fingerprint density at radius 3 is 2.61 bits per heavy atom. The molecular weight excluding hydrogens is 433 g/mol. The zero-order valence-corrected chi connectivity index (χ0v) is 19.7. The van der Waals surface area contributed by atoms with Gasteiger partial charge in [0.25, 0.3) is 0 Å². The van der Waals surface area contributed by atoms with E-state index in [2.05, 4.69) is 5.32 Å². The summed E-state index contributed by atoms with van der Waals surface area (Å²) in [7, 11) is -0.583. The molecule has 33 heavy (non-hydrogen) atoms. The van der Waals surface area contributed by atoms with Crippen LogP contribution < -0.4 is 15.5 Å². The van der Waals surface area contributed by atoms with Crippen molar-refractivity contribution in [2.24, 2.45) is 0 Å². The Morgan fingerprint density at radius 1 is 1.24 bits per heavy atom. The average Bonchev–Trinajstić information content (AvgIpc) is 2.75. The van der Waals surface area contributed by atoms with Gasteiger partial charge in [-0.2, -0.15) is 0 Å². The lowest BCUT2D eigenvalue weighted by Crippen LogP contribution is -2.45. The van der Waals surface area contributed by atoms with Crippen molar-refractivity contribution >= 4 is 24.6 Å². The van der Waals surface area contributed by atoms with E-state index in [4.69, 9.17) is 23.7 Å². The maximum absolute atomic E-state index is 12.3. The number of carbonyl (C=O) groups excluding carboxylic acids is 2. The summed E-state index contributed by atoms with van der Waals surface area (Å²) >= 11 is 0. The molecule has 1 fully saturated rings. The van der Waals surface area contributed by atoms with Gasteiger partial charge in [-0.05, 0) is 45.6 Å². The van der Waals surface area contributed by atoms with Crippen molar-refractivity contribution in [2.45, 2.75) is 64.4 Å². The number of ether oxygens (including phenoxy) is 5. The zero-order valence-electron chi connectivity index (χ0n) is 19.7. The Hall–Kier alpha value is -2.34. The lowest BCUT2D eigenvalue weighted by atomic mass is 9.78. The molecule has 0 radical (unpaired) electrons. The standard InChI is InChI=1S/C22H34BNO9/c1-22(2,3)33-21(26)24-17(20(25)29-4)14-15-8-7-9-16(23(27)28)19(15)32-13-12-31-18-10-5-6-11-30-18/h7-9,17-18,27-28H,5-6,10-14H2,1-4H3,(H,24,26)/t17-,18?/m0/s1. The van der Waals surface area contributed by atoms with Crippen molar-refractivity contribution in [3.63, 3.8) is 0 Å². The van der Waals surface area contributed by atoms with E-state index < -0.39 is 30.8 Å². The second-order valence-electron chi connectivity index (χ2n) is 8.65. The number of rotatable bonds is 10. The van der Waals surface area contributed by atoms with Crippen LogP contribution in [0.25, 0.3) is 0 Å². The molecule has 0 bridgehead atoms. The van der Waals surface area contributed by atoms with Gasteiger partial charge < -0.3 is 39.0 Å². The summed E-state index contributed by atoms with van der Waals surface area (Å²) in [5.74, 6) is -0.486. The molecule has 11 heteroatoms. The molecule has 0 spiro atoms. The Balaban J connectivity index is 2.12. The van der Waals surface area contributed by atoms with Crippen molar-refractivity contribution in [3.8, 4) is 5.75 Å². The van der Waals surface area contributed by atoms with Crippen LogP contribution in [0.2, 0.25) is 0 Å². The summed E-state index contributed by atoms with van der Waals surface area (Å²) in [5, 5.41) is 22.1. The predicted octanol–water partition coefficient (Wildman–Crippen LogP) is 0.897. The van der Waals surface area contributed by atoms with Crippen molar-refractivity contribution in [2.75, 3.05) is 26.9 Å². The molecule has 2 atom stereocenters. The minimum Gasteiger partial charge on any atom is -0.491 e. The molecule has 10 nitrogen and oxygen atoms in total. The molecule has 1 aliphatic rings. The molecule has 0 saturated carbocycles. The van der Waals surface area contributed by atoms with E-state index in [-0.39, 0.29) is 37.1 Å². The number of benzene rings is 1. The van der Waals surface area contributed by atoms with Crippen LogP contribution in [0.4, 0.5) is 4.79 Å². The van der Waals surface area contributed by atoms with E-state index in [1.54, 1.807) is 32.9 Å². The Bertz CT molecular complexity index is 776. The summed E-state index contributed by atoms with van der Waals surface area (Å²) in [5.41, 5.74) is -0.148. The Morgan fingerprint density at radius 2 is 2.00 bits per heavy atom. The van der Waals surface area contributed by atoms with Crippen LogP contribution >= 0.6 is 0 Å². The first-order valence-electron chi connectivity index (χ1n) is 11.0. The van der Waals surface area contributed by atoms with Crippen LogP contribution in [0.1, 0.15) is 45.6 Å². The fourth-order valence-electron chi connectivity index (χ4n) is 3.32. The first-order valence-corrected chi connectivity index (χ1v) is 11.0. The van der Waals surface area contributed by atoms with Gasteiger partial charge in [-0.25, -0.2) is 9.59 Å². The number of hydrogen-bond acceptors (Lipinski definition) is 9. The third-order valence-corrected chi connectivity index (χ3v) is 4.78. The molecule has 1 unspecified atom stereocenters. The first-order chi connectivity index (χ1) is 15.6. The molecule has 1 heterocycles. The quantitative estimate of drug-likeness (QED) is 0.261. The molecule has 1 aromatic carbocycles. The van der Waals surface area contributed by atoms with Crippen LogP contribution in [-0.2, 0) is 30.2 Å². The zero-order chi connectivity index (χ0) is 24.4. The molecule has 3 N–H and O–H groups in total. The SMILES string of the molecule is COC(=O)[C@H](Cc1cccc(B(O)O)c1OCCOC1CCCCO1)NC(=O)OC(C)(C)C. The second kappa shape index (κ2) is 12.8. The van der Waals surface area contributed by atoms with E-state index >= 15 is 0 Å². The molecule has 1 aromatic rings. The maximum atomic E-state index is 12.3. The number of amides is 1. The number of alkyl carbamates (subject to hydrolysis) is 1. The summed E-state index contributed by atoms with van der Waals surface area (Å²) in [6.45, 7) is 6.14. The Kier molecular flexibility index (Phi) is 10.4. The van der Waals surface area contributed by atoms with Crippen molar-refractivity contribution in [1.29, 1.82) is 0 Å². The predicted molar refractivity (Wildman–Crippen MR) is 120 cm³/mol. The van der Waals surface area contributed by atoms with Crippen LogP contribution in [0, 0.1) is 0 Å². The lowest BCUT2D eigenvalue weighted by Gasteiger charge is -2.24. The number of hydrogen-bond donors (Lipinski definition) is 3. The monoisotopic (exact) mass is 467 g/mol. The van der Waals surface area contributed by atoms with Crippen LogP contribution in [-0.4, -0.2) is 74.1 Å². The minimum absolute atomic E-state index is 0.0194. The van der Waals surface area contributed by atoms with Crippen molar-refractivity contribution in [1.82, 2.24) is 5.32 Å². The molecular formula is C22H34BNO9. The van der Waals surface area contributed by atoms with Crippen LogP contribution in [0.3, 0.4) is 0 Å². The fraction of sp³-hybridized carbons (Fsp3) is 0.636. The topological polar surface area (TPSA) is 133 Å². The number of carbonyl (C=O) groups is 2. The number of nitrogens with one attached hydrogen (secondary N) is 1. The van der Waals surface area contributed by atoms with E-state index in [0.29, 0.717) is 12.2 Å². The number of methoxy groups -OCH3 is 1.